The van der Waals surface area contributed by atoms with Crippen molar-refractivity contribution in [1.29, 1.82) is 0 Å². The molecule has 0 radical (unpaired) electrons. The van der Waals surface area contributed by atoms with Gasteiger partial charge in [0.1, 0.15) is 5.69 Å². The van der Waals surface area contributed by atoms with E-state index in [2.05, 4.69) is 5.10 Å². The first-order valence-electron chi connectivity index (χ1n) is 4.73. The third-order valence-electron chi connectivity index (χ3n) is 2.08. The van der Waals surface area contributed by atoms with E-state index in [-0.39, 0.29) is 12.1 Å². The summed E-state index contributed by atoms with van der Waals surface area (Å²) < 4.78 is 38.7. The molecule has 86 valence electrons. The normalized spacial score (nSPS) is 12.1. The topological polar surface area (TPSA) is 38.0 Å². The molecule has 15 heavy (non-hydrogen) atoms. The Balaban J connectivity index is 3.01. The average Bonchev–Trinajstić information content (AvgIpc) is 2.56. The number of hydrogen-bond donors (Lipinski definition) is 1. The molecule has 1 N–H and O–H groups in total. The van der Waals surface area contributed by atoms with Crippen LogP contribution in [0, 0.1) is 0 Å². The fourth-order valence-corrected chi connectivity index (χ4v) is 1.35. The summed E-state index contributed by atoms with van der Waals surface area (Å²) >= 11 is 0. The predicted octanol–water partition coefficient (Wildman–Crippen LogP) is 2.19. The SMILES string of the molecule is CCCCn1ncc(CO)c1C(F)(F)F. The lowest BCUT2D eigenvalue weighted by Gasteiger charge is -2.11. The number of aryl methyl sites for hydroxylation is 1. The Morgan fingerprint density at radius 2 is 2.13 bits per heavy atom. The van der Waals surface area contributed by atoms with Crippen molar-refractivity contribution < 1.29 is 18.3 Å². The highest BCUT2D eigenvalue weighted by atomic mass is 19.4. The second kappa shape index (κ2) is 4.65. The van der Waals surface area contributed by atoms with Gasteiger partial charge in [0.2, 0.25) is 0 Å². The monoisotopic (exact) mass is 222 g/mol. The van der Waals surface area contributed by atoms with E-state index in [1.54, 1.807) is 0 Å². The molecular formula is C9H13F3N2O. The smallest absolute Gasteiger partial charge is 0.392 e. The van der Waals surface area contributed by atoms with Crippen molar-refractivity contribution in [2.45, 2.75) is 39.1 Å². The van der Waals surface area contributed by atoms with Gasteiger partial charge >= 0.3 is 6.18 Å². The first-order valence-corrected chi connectivity index (χ1v) is 4.73. The number of aliphatic hydroxyl groups excluding tert-OH is 1. The van der Waals surface area contributed by atoms with E-state index in [1.807, 2.05) is 6.92 Å². The number of halogens is 3. The van der Waals surface area contributed by atoms with E-state index in [1.165, 1.54) is 0 Å². The molecule has 0 aliphatic rings. The molecule has 0 unspecified atom stereocenters. The number of aliphatic hydroxyl groups is 1. The van der Waals surface area contributed by atoms with Crippen LogP contribution in [0.1, 0.15) is 31.0 Å². The maximum Gasteiger partial charge on any atom is 0.433 e. The van der Waals surface area contributed by atoms with Crippen LogP contribution in [0.3, 0.4) is 0 Å². The standard InChI is InChI=1S/C9H13F3N2O/c1-2-3-4-14-8(9(10,11)12)7(6-15)5-13-14/h5,15H,2-4,6H2,1H3. The Morgan fingerprint density at radius 1 is 1.47 bits per heavy atom. The molecule has 1 aromatic rings. The van der Waals surface area contributed by atoms with Gasteiger partial charge < -0.3 is 5.11 Å². The second-order valence-corrected chi connectivity index (χ2v) is 3.25. The van der Waals surface area contributed by atoms with Crippen molar-refractivity contribution in [3.63, 3.8) is 0 Å². The maximum atomic E-state index is 12.6. The summed E-state index contributed by atoms with van der Waals surface area (Å²) in [4.78, 5) is 0. The van der Waals surface area contributed by atoms with Crippen LogP contribution in [-0.2, 0) is 19.3 Å². The van der Waals surface area contributed by atoms with E-state index in [9.17, 15) is 13.2 Å². The first kappa shape index (κ1) is 12.0. The average molecular weight is 222 g/mol. The second-order valence-electron chi connectivity index (χ2n) is 3.25. The number of alkyl halides is 3. The third-order valence-corrected chi connectivity index (χ3v) is 2.08. The quantitative estimate of drug-likeness (QED) is 0.848. The fourth-order valence-electron chi connectivity index (χ4n) is 1.35. The summed E-state index contributed by atoms with van der Waals surface area (Å²) in [6, 6.07) is 0. The van der Waals surface area contributed by atoms with Crippen molar-refractivity contribution in [3.05, 3.63) is 17.5 Å². The van der Waals surface area contributed by atoms with Crippen LogP contribution in [0.4, 0.5) is 13.2 Å². The molecule has 0 aliphatic carbocycles. The van der Waals surface area contributed by atoms with Gasteiger partial charge in [0.05, 0.1) is 12.8 Å². The van der Waals surface area contributed by atoms with Crippen molar-refractivity contribution in [1.82, 2.24) is 9.78 Å². The molecule has 0 bridgehead atoms. The van der Waals surface area contributed by atoms with Crippen molar-refractivity contribution >= 4 is 0 Å². The van der Waals surface area contributed by atoms with Crippen LogP contribution < -0.4 is 0 Å². The minimum atomic E-state index is -4.46. The molecule has 0 spiro atoms. The number of hydrogen-bond acceptors (Lipinski definition) is 2. The fraction of sp³-hybridized carbons (Fsp3) is 0.667. The van der Waals surface area contributed by atoms with Crippen LogP contribution in [-0.4, -0.2) is 14.9 Å². The zero-order valence-corrected chi connectivity index (χ0v) is 8.38. The van der Waals surface area contributed by atoms with Gasteiger partial charge in [-0.25, -0.2) is 0 Å². The summed E-state index contributed by atoms with van der Waals surface area (Å²) in [5.41, 5.74) is -1.00. The van der Waals surface area contributed by atoms with Gasteiger partial charge in [0.15, 0.2) is 0 Å². The number of unbranched alkanes of at least 4 members (excludes halogenated alkanes) is 1. The Kier molecular flexibility index (Phi) is 3.73. The molecule has 0 amide bonds. The van der Waals surface area contributed by atoms with E-state index >= 15 is 0 Å². The highest BCUT2D eigenvalue weighted by Crippen LogP contribution is 2.32. The summed E-state index contributed by atoms with van der Waals surface area (Å²) in [5.74, 6) is 0. The largest absolute Gasteiger partial charge is 0.433 e. The van der Waals surface area contributed by atoms with Gasteiger partial charge in [-0.3, -0.25) is 4.68 Å². The van der Waals surface area contributed by atoms with Crippen molar-refractivity contribution in [2.24, 2.45) is 0 Å². The molecule has 6 heteroatoms. The van der Waals surface area contributed by atoms with E-state index in [4.69, 9.17) is 5.11 Å². The van der Waals surface area contributed by atoms with Gasteiger partial charge in [-0.15, -0.1) is 0 Å². The molecule has 1 aromatic heterocycles. The molecule has 0 fully saturated rings. The van der Waals surface area contributed by atoms with Crippen LogP contribution in [0.15, 0.2) is 6.20 Å². The number of rotatable bonds is 4. The highest BCUT2D eigenvalue weighted by Gasteiger charge is 2.37. The maximum absolute atomic E-state index is 12.6. The first-order chi connectivity index (χ1) is 7.00. The van der Waals surface area contributed by atoms with Gasteiger partial charge in [-0.2, -0.15) is 18.3 Å². The lowest BCUT2D eigenvalue weighted by molar-refractivity contribution is -0.145. The minimum Gasteiger partial charge on any atom is -0.392 e. The Labute approximate surface area is 85.5 Å². The van der Waals surface area contributed by atoms with Crippen LogP contribution in [0.25, 0.3) is 0 Å². The van der Waals surface area contributed by atoms with E-state index in [0.29, 0.717) is 6.42 Å². The zero-order valence-electron chi connectivity index (χ0n) is 8.38. The molecule has 1 heterocycles. The molecule has 1 rings (SSSR count). The third kappa shape index (κ3) is 2.71. The van der Waals surface area contributed by atoms with Crippen LogP contribution >= 0.6 is 0 Å². The molecule has 0 saturated carbocycles. The Bertz CT molecular complexity index is 320. The molecule has 0 saturated heterocycles. The van der Waals surface area contributed by atoms with Crippen molar-refractivity contribution in [3.8, 4) is 0 Å². The summed E-state index contributed by atoms with van der Waals surface area (Å²) in [6.45, 7) is 1.48. The van der Waals surface area contributed by atoms with Gasteiger partial charge in [-0.05, 0) is 6.42 Å². The van der Waals surface area contributed by atoms with Gasteiger partial charge in [0, 0.05) is 12.1 Å². The molecule has 0 aromatic carbocycles. The number of nitrogens with zero attached hydrogens (tertiary/aromatic N) is 2. The van der Waals surface area contributed by atoms with Gasteiger partial charge in [-0.1, -0.05) is 13.3 Å². The molecule has 0 aliphatic heterocycles. The van der Waals surface area contributed by atoms with Crippen LogP contribution in [0.2, 0.25) is 0 Å². The lowest BCUT2D eigenvalue weighted by Crippen LogP contribution is -2.16. The summed E-state index contributed by atoms with van der Waals surface area (Å²) in [5, 5.41) is 12.4. The Hall–Kier alpha value is -1.04. The molecule has 3 nitrogen and oxygen atoms in total. The molecule has 0 atom stereocenters. The minimum absolute atomic E-state index is 0.168. The highest BCUT2D eigenvalue weighted by molar-refractivity contribution is 5.19. The Morgan fingerprint density at radius 3 is 2.60 bits per heavy atom. The van der Waals surface area contributed by atoms with Crippen molar-refractivity contribution in [2.75, 3.05) is 0 Å². The predicted molar refractivity (Wildman–Crippen MR) is 48.1 cm³/mol. The van der Waals surface area contributed by atoms with E-state index in [0.717, 1.165) is 17.3 Å². The van der Waals surface area contributed by atoms with Gasteiger partial charge in [0.25, 0.3) is 0 Å². The molecular weight excluding hydrogens is 209 g/mol. The van der Waals surface area contributed by atoms with E-state index < -0.39 is 18.5 Å². The number of aromatic nitrogens is 2. The summed E-state index contributed by atoms with van der Waals surface area (Å²) in [6.07, 6.45) is -1.96. The summed E-state index contributed by atoms with van der Waals surface area (Å²) in [7, 11) is 0. The van der Waals surface area contributed by atoms with Crippen LogP contribution in [0.5, 0.6) is 0 Å². The zero-order chi connectivity index (χ0) is 11.5. The lowest BCUT2D eigenvalue weighted by atomic mass is 10.2.